The van der Waals surface area contributed by atoms with Crippen molar-refractivity contribution in [1.82, 2.24) is 5.32 Å². The van der Waals surface area contributed by atoms with Crippen LogP contribution in [0, 0.1) is 0 Å². The Hall–Kier alpha value is -1.61. The third-order valence-electron chi connectivity index (χ3n) is 3.45. The van der Waals surface area contributed by atoms with E-state index >= 15 is 0 Å². The number of hydrogen-bond donors (Lipinski definition) is 2. The van der Waals surface area contributed by atoms with E-state index in [4.69, 9.17) is 0 Å². The van der Waals surface area contributed by atoms with E-state index in [9.17, 15) is 4.79 Å². The summed E-state index contributed by atoms with van der Waals surface area (Å²) in [6.45, 7) is 13.7. The van der Waals surface area contributed by atoms with E-state index in [1.165, 1.54) is 11.1 Å². The molecule has 2 N–H and O–H groups in total. The number of anilines is 1. The van der Waals surface area contributed by atoms with Crippen molar-refractivity contribution >= 4 is 11.6 Å². The number of hydrogen-bond acceptors (Lipinski definition) is 2. The zero-order chi connectivity index (χ0) is 15.8. The van der Waals surface area contributed by atoms with Gasteiger partial charge in [-0.15, -0.1) is 6.58 Å². The van der Waals surface area contributed by atoms with Gasteiger partial charge in [0.1, 0.15) is 0 Å². The molecule has 1 aromatic carbocycles. The molecule has 0 aromatic heterocycles. The van der Waals surface area contributed by atoms with Crippen molar-refractivity contribution in [1.29, 1.82) is 0 Å². The van der Waals surface area contributed by atoms with Gasteiger partial charge in [0.2, 0.25) is 5.91 Å². The molecule has 3 heteroatoms. The molecular weight excluding hydrogens is 260 g/mol. The Morgan fingerprint density at radius 3 is 2.24 bits per heavy atom. The standard InChI is InChI=1S/C18H28N2O/c1-6-11-19-12-10-17(21)20-18-15(13(2)3)8-7-9-16(18)14(4)5/h6-9,13-14,19H,1,10-12H2,2-5H3,(H,20,21). The van der Waals surface area contributed by atoms with Gasteiger partial charge in [-0.05, 0) is 23.0 Å². The van der Waals surface area contributed by atoms with Crippen molar-refractivity contribution in [3.05, 3.63) is 42.0 Å². The predicted octanol–water partition coefficient (Wildman–Crippen LogP) is 4.04. The maximum absolute atomic E-state index is 12.1. The lowest BCUT2D eigenvalue weighted by atomic mass is 9.92. The van der Waals surface area contributed by atoms with Crippen molar-refractivity contribution < 1.29 is 4.79 Å². The second-order valence-electron chi connectivity index (χ2n) is 5.91. The van der Waals surface area contributed by atoms with Crippen molar-refractivity contribution in [2.75, 3.05) is 18.4 Å². The summed E-state index contributed by atoms with van der Waals surface area (Å²) in [6, 6.07) is 6.27. The van der Waals surface area contributed by atoms with E-state index in [0.717, 1.165) is 12.2 Å². The highest BCUT2D eigenvalue weighted by Gasteiger charge is 2.15. The largest absolute Gasteiger partial charge is 0.326 e. The van der Waals surface area contributed by atoms with Crippen LogP contribution in [0.3, 0.4) is 0 Å². The molecule has 0 heterocycles. The van der Waals surface area contributed by atoms with E-state index in [1.807, 2.05) is 0 Å². The van der Waals surface area contributed by atoms with Crippen LogP contribution in [0.4, 0.5) is 5.69 Å². The number of benzene rings is 1. The third kappa shape index (κ3) is 5.35. The maximum atomic E-state index is 12.1. The van der Waals surface area contributed by atoms with Gasteiger partial charge in [-0.1, -0.05) is 52.0 Å². The molecule has 0 aliphatic heterocycles. The van der Waals surface area contributed by atoms with Crippen molar-refractivity contribution in [2.45, 2.75) is 46.0 Å². The van der Waals surface area contributed by atoms with Crippen LogP contribution < -0.4 is 10.6 Å². The van der Waals surface area contributed by atoms with Crippen LogP contribution in [-0.4, -0.2) is 19.0 Å². The molecule has 0 saturated heterocycles. The van der Waals surface area contributed by atoms with Gasteiger partial charge in [-0.3, -0.25) is 4.79 Å². The SMILES string of the molecule is C=CCNCCC(=O)Nc1c(C(C)C)cccc1C(C)C. The van der Waals surface area contributed by atoms with E-state index < -0.39 is 0 Å². The van der Waals surface area contributed by atoms with Gasteiger partial charge < -0.3 is 10.6 Å². The van der Waals surface area contributed by atoms with Crippen molar-refractivity contribution in [3.8, 4) is 0 Å². The van der Waals surface area contributed by atoms with Gasteiger partial charge >= 0.3 is 0 Å². The first-order chi connectivity index (χ1) is 9.97. The lowest BCUT2D eigenvalue weighted by molar-refractivity contribution is -0.116. The topological polar surface area (TPSA) is 41.1 Å². The minimum absolute atomic E-state index is 0.0570. The van der Waals surface area contributed by atoms with Crippen LogP contribution >= 0.6 is 0 Å². The van der Waals surface area contributed by atoms with Crippen LogP contribution in [-0.2, 0) is 4.79 Å². The van der Waals surface area contributed by atoms with Gasteiger partial charge in [-0.25, -0.2) is 0 Å². The molecule has 1 rings (SSSR count). The lowest BCUT2D eigenvalue weighted by Gasteiger charge is -2.20. The van der Waals surface area contributed by atoms with E-state index in [2.05, 4.69) is 63.1 Å². The molecule has 0 fully saturated rings. The monoisotopic (exact) mass is 288 g/mol. The second-order valence-corrected chi connectivity index (χ2v) is 5.91. The smallest absolute Gasteiger partial charge is 0.225 e. The summed E-state index contributed by atoms with van der Waals surface area (Å²) in [4.78, 5) is 12.1. The molecule has 0 aliphatic carbocycles. The van der Waals surface area contributed by atoms with Crippen LogP contribution in [0.2, 0.25) is 0 Å². The van der Waals surface area contributed by atoms with Crippen LogP contribution in [0.5, 0.6) is 0 Å². The van der Waals surface area contributed by atoms with Crippen molar-refractivity contribution in [2.24, 2.45) is 0 Å². The summed E-state index contributed by atoms with van der Waals surface area (Å²) in [5.41, 5.74) is 3.40. The molecule has 1 aromatic rings. The van der Waals surface area contributed by atoms with Crippen LogP contribution in [0.25, 0.3) is 0 Å². The molecule has 21 heavy (non-hydrogen) atoms. The van der Waals surface area contributed by atoms with Crippen LogP contribution in [0.1, 0.15) is 57.1 Å². The normalized spacial score (nSPS) is 11.0. The number of rotatable bonds is 8. The quantitative estimate of drug-likeness (QED) is 0.560. The highest BCUT2D eigenvalue weighted by Crippen LogP contribution is 2.32. The average Bonchev–Trinajstić information content (AvgIpc) is 2.43. The molecule has 0 aliphatic rings. The van der Waals surface area contributed by atoms with Gasteiger partial charge in [0, 0.05) is 25.2 Å². The zero-order valence-corrected chi connectivity index (χ0v) is 13.7. The summed E-state index contributed by atoms with van der Waals surface area (Å²) in [7, 11) is 0. The van der Waals surface area contributed by atoms with E-state index in [0.29, 0.717) is 24.8 Å². The van der Waals surface area contributed by atoms with Crippen LogP contribution in [0.15, 0.2) is 30.9 Å². The van der Waals surface area contributed by atoms with Gasteiger partial charge in [0.25, 0.3) is 0 Å². The van der Waals surface area contributed by atoms with E-state index in [-0.39, 0.29) is 5.91 Å². The number of carbonyl (C=O) groups excluding carboxylic acids is 1. The average molecular weight is 288 g/mol. The van der Waals surface area contributed by atoms with Gasteiger partial charge in [0.15, 0.2) is 0 Å². The summed E-state index contributed by atoms with van der Waals surface area (Å²) < 4.78 is 0. The summed E-state index contributed by atoms with van der Waals surface area (Å²) in [5, 5.41) is 6.26. The zero-order valence-electron chi connectivity index (χ0n) is 13.7. The lowest BCUT2D eigenvalue weighted by Crippen LogP contribution is -2.23. The fraction of sp³-hybridized carbons (Fsp3) is 0.500. The molecule has 0 spiro atoms. The first-order valence-corrected chi connectivity index (χ1v) is 7.71. The highest BCUT2D eigenvalue weighted by atomic mass is 16.1. The minimum Gasteiger partial charge on any atom is -0.326 e. The second kappa shape index (κ2) is 8.63. The molecule has 3 nitrogen and oxygen atoms in total. The molecule has 0 atom stereocenters. The number of nitrogens with one attached hydrogen (secondary N) is 2. The summed E-state index contributed by atoms with van der Waals surface area (Å²) in [6.07, 6.45) is 2.26. The Labute approximate surface area is 128 Å². The number of carbonyl (C=O) groups is 1. The first-order valence-electron chi connectivity index (χ1n) is 7.71. The molecule has 0 bridgehead atoms. The van der Waals surface area contributed by atoms with Gasteiger partial charge in [-0.2, -0.15) is 0 Å². The molecular formula is C18H28N2O. The molecule has 0 unspecified atom stereocenters. The van der Waals surface area contributed by atoms with Gasteiger partial charge in [0.05, 0.1) is 0 Å². The Morgan fingerprint density at radius 2 is 1.76 bits per heavy atom. The third-order valence-corrected chi connectivity index (χ3v) is 3.45. The Morgan fingerprint density at radius 1 is 1.19 bits per heavy atom. The molecule has 1 amide bonds. The molecule has 0 saturated carbocycles. The highest BCUT2D eigenvalue weighted by molar-refractivity contribution is 5.92. The summed E-state index contributed by atoms with van der Waals surface area (Å²) in [5.74, 6) is 0.831. The molecule has 0 radical (unpaired) electrons. The number of para-hydroxylation sites is 1. The number of amides is 1. The summed E-state index contributed by atoms with van der Waals surface area (Å²) >= 11 is 0. The Kier molecular flexibility index (Phi) is 7.17. The molecule has 116 valence electrons. The fourth-order valence-electron chi connectivity index (χ4n) is 2.30. The predicted molar refractivity (Wildman–Crippen MR) is 90.9 cm³/mol. The Bertz CT molecular complexity index is 452. The first kappa shape index (κ1) is 17.4. The minimum atomic E-state index is 0.0570. The fourth-order valence-corrected chi connectivity index (χ4v) is 2.30. The Balaban J connectivity index is 2.84. The maximum Gasteiger partial charge on any atom is 0.225 e. The van der Waals surface area contributed by atoms with E-state index in [1.54, 1.807) is 6.08 Å². The van der Waals surface area contributed by atoms with Crippen molar-refractivity contribution in [3.63, 3.8) is 0 Å².